The molecule has 0 bridgehead atoms. The number of aliphatic hydroxyl groups excluding tert-OH is 1. The first-order valence-corrected chi connectivity index (χ1v) is 6.81. The molecule has 6 nitrogen and oxygen atoms in total. The maximum absolute atomic E-state index is 11.9. The molecule has 1 aliphatic heterocycles. The van der Waals surface area contributed by atoms with E-state index in [-0.39, 0.29) is 25.1 Å². The first-order chi connectivity index (χ1) is 9.93. The number of Topliss-reactive ketones (excluding diaryl/α,β-unsaturated/α-hetero) is 1. The predicted molar refractivity (Wildman–Crippen MR) is 75.4 cm³/mol. The lowest BCUT2D eigenvalue weighted by atomic mass is 10.1. The Morgan fingerprint density at radius 2 is 2.14 bits per heavy atom. The maximum atomic E-state index is 11.9. The van der Waals surface area contributed by atoms with Crippen molar-refractivity contribution in [2.45, 2.75) is 19.4 Å². The fourth-order valence-corrected chi connectivity index (χ4v) is 2.30. The van der Waals surface area contributed by atoms with E-state index < -0.39 is 23.8 Å². The Kier molecular flexibility index (Phi) is 4.59. The molecule has 0 saturated heterocycles. The van der Waals surface area contributed by atoms with Crippen molar-refractivity contribution in [1.29, 1.82) is 0 Å². The molecule has 112 valence electrons. The molecule has 1 aromatic carbocycles. The Labute approximate surface area is 126 Å². The third-order valence-electron chi connectivity index (χ3n) is 3.04. The first kappa shape index (κ1) is 15.5. The third-order valence-corrected chi connectivity index (χ3v) is 3.27. The molecular formula is C14H14ClNO5. The number of hydrogen-bond acceptors (Lipinski definition) is 5. The van der Waals surface area contributed by atoms with Crippen molar-refractivity contribution >= 4 is 34.9 Å². The molecule has 1 atom stereocenters. The number of nitrogens with zero attached hydrogens (tertiary/aromatic N) is 1. The van der Waals surface area contributed by atoms with E-state index in [1.165, 1.54) is 18.2 Å². The molecule has 0 aliphatic carbocycles. The van der Waals surface area contributed by atoms with Crippen molar-refractivity contribution in [2.24, 2.45) is 0 Å². The highest BCUT2D eigenvalue weighted by Crippen LogP contribution is 2.31. The third kappa shape index (κ3) is 3.22. The van der Waals surface area contributed by atoms with Crippen LogP contribution in [0.5, 0.6) is 0 Å². The second kappa shape index (κ2) is 6.24. The number of halogens is 1. The SMILES string of the molecule is CCOC(=O)CC(O)CN1C(=O)C(=O)c2ccc(Cl)cc21. The summed E-state index contributed by atoms with van der Waals surface area (Å²) < 4.78 is 4.72. The molecule has 1 amide bonds. The van der Waals surface area contributed by atoms with Gasteiger partial charge in [-0.25, -0.2) is 0 Å². The van der Waals surface area contributed by atoms with Crippen molar-refractivity contribution in [3.63, 3.8) is 0 Å². The highest BCUT2D eigenvalue weighted by atomic mass is 35.5. The molecular weight excluding hydrogens is 298 g/mol. The maximum Gasteiger partial charge on any atom is 0.308 e. The monoisotopic (exact) mass is 311 g/mol. The van der Waals surface area contributed by atoms with Crippen LogP contribution in [0.1, 0.15) is 23.7 Å². The molecule has 1 unspecified atom stereocenters. The van der Waals surface area contributed by atoms with Gasteiger partial charge in [0, 0.05) is 5.02 Å². The van der Waals surface area contributed by atoms with Gasteiger partial charge in [0.25, 0.3) is 11.7 Å². The molecule has 0 fully saturated rings. The van der Waals surface area contributed by atoms with Crippen molar-refractivity contribution in [1.82, 2.24) is 0 Å². The van der Waals surface area contributed by atoms with Crippen LogP contribution in [0.3, 0.4) is 0 Å². The number of carbonyl (C=O) groups excluding carboxylic acids is 3. The van der Waals surface area contributed by atoms with Crippen LogP contribution < -0.4 is 4.90 Å². The van der Waals surface area contributed by atoms with Crippen LogP contribution in [0, 0.1) is 0 Å². The summed E-state index contributed by atoms with van der Waals surface area (Å²) in [7, 11) is 0. The van der Waals surface area contributed by atoms with Gasteiger partial charge in [-0.3, -0.25) is 14.4 Å². The molecule has 1 aliphatic rings. The van der Waals surface area contributed by atoms with Crippen LogP contribution in [0.25, 0.3) is 0 Å². The number of amides is 1. The largest absolute Gasteiger partial charge is 0.466 e. The van der Waals surface area contributed by atoms with Crippen LogP contribution in [0.4, 0.5) is 5.69 Å². The Morgan fingerprint density at radius 1 is 1.43 bits per heavy atom. The average molecular weight is 312 g/mol. The van der Waals surface area contributed by atoms with E-state index >= 15 is 0 Å². The number of esters is 1. The zero-order chi connectivity index (χ0) is 15.6. The van der Waals surface area contributed by atoms with Crippen LogP contribution in [-0.2, 0) is 14.3 Å². The standard InChI is InChI=1S/C14H14ClNO5/c1-2-21-12(18)6-9(17)7-16-11-5-8(15)3-4-10(11)13(19)14(16)20/h3-5,9,17H,2,6-7H2,1H3. The number of carbonyl (C=O) groups is 3. The van der Waals surface area contributed by atoms with E-state index in [1.54, 1.807) is 6.92 Å². The number of fused-ring (bicyclic) bond motifs is 1. The molecule has 21 heavy (non-hydrogen) atoms. The summed E-state index contributed by atoms with van der Waals surface area (Å²) in [5.74, 6) is -1.95. The van der Waals surface area contributed by atoms with Gasteiger partial charge in [-0.15, -0.1) is 0 Å². The molecule has 2 rings (SSSR count). The van der Waals surface area contributed by atoms with Gasteiger partial charge in [0.05, 0.1) is 36.9 Å². The number of benzene rings is 1. The lowest BCUT2D eigenvalue weighted by Gasteiger charge is -2.20. The fraction of sp³-hybridized carbons (Fsp3) is 0.357. The van der Waals surface area contributed by atoms with E-state index in [2.05, 4.69) is 0 Å². The quantitative estimate of drug-likeness (QED) is 0.652. The van der Waals surface area contributed by atoms with Gasteiger partial charge >= 0.3 is 5.97 Å². The molecule has 0 spiro atoms. The first-order valence-electron chi connectivity index (χ1n) is 6.43. The van der Waals surface area contributed by atoms with Crippen molar-refractivity contribution in [3.05, 3.63) is 28.8 Å². The fourth-order valence-electron chi connectivity index (χ4n) is 2.14. The van der Waals surface area contributed by atoms with Crippen molar-refractivity contribution in [2.75, 3.05) is 18.1 Å². The number of aliphatic hydroxyl groups is 1. The number of ketones is 1. The number of β-amino-alcohol motifs (C(OH)–C–C–N with tert-alkyl or cyclic N) is 1. The van der Waals surface area contributed by atoms with Crippen molar-refractivity contribution < 1.29 is 24.2 Å². The summed E-state index contributed by atoms with van der Waals surface area (Å²) in [6, 6.07) is 4.47. The lowest BCUT2D eigenvalue weighted by Crippen LogP contribution is -2.37. The Morgan fingerprint density at radius 3 is 2.81 bits per heavy atom. The molecule has 1 heterocycles. The highest BCUT2D eigenvalue weighted by Gasteiger charge is 2.37. The summed E-state index contributed by atoms with van der Waals surface area (Å²) >= 11 is 5.86. The minimum Gasteiger partial charge on any atom is -0.466 e. The van der Waals surface area contributed by atoms with Gasteiger partial charge in [0.1, 0.15) is 0 Å². The summed E-state index contributed by atoms with van der Waals surface area (Å²) in [5.41, 5.74) is 0.591. The normalized spacial score (nSPS) is 15.1. The van der Waals surface area contributed by atoms with Gasteiger partial charge in [-0.2, -0.15) is 0 Å². The number of anilines is 1. The van der Waals surface area contributed by atoms with Gasteiger partial charge in [-0.1, -0.05) is 11.6 Å². The number of rotatable bonds is 5. The zero-order valence-electron chi connectivity index (χ0n) is 11.3. The minimum atomic E-state index is -1.12. The van der Waals surface area contributed by atoms with E-state index in [0.717, 1.165) is 4.90 Å². The number of ether oxygens (including phenoxy) is 1. The van der Waals surface area contributed by atoms with Crippen molar-refractivity contribution in [3.8, 4) is 0 Å². The number of hydrogen-bond donors (Lipinski definition) is 1. The van der Waals surface area contributed by atoms with E-state index in [9.17, 15) is 19.5 Å². The van der Waals surface area contributed by atoms with Crippen LogP contribution >= 0.6 is 11.6 Å². The molecule has 0 radical (unpaired) electrons. The smallest absolute Gasteiger partial charge is 0.308 e. The molecule has 0 saturated carbocycles. The average Bonchev–Trinajstić information content (AvgIpc) is 2.64. The van der Waals surface area contributed by atoms with Crippen LogP contribution in [0.15, 0.2) is 18.2 Å². The van der Waals surface area contributed by atoms with Gasteiger partial charge < -0.3 is 14.7 Å². The lowest BCUT2D eigenvalue weighted by molar-refractivity contribution is -0.145. The second-order valence-electron chi connectivity index (χ2n) is 4.57. The predicted octanol–water partition coefficient (Wildman–Crippen LogP) is 1.18. The Bertz CT molecular complexity index is 601. The van der Waals surface area contributed by atoms with Crippen LogP contribution in [0.2, 0.25) is 5.02 Å². The van der Waals surface area contributed by atoms with E-state index in [4.69, 9.17) is 16.3 Å². The summed E-state index contributed by atoms with van der Waals surface area (Å²) in [4.78, 5) is 36.2. The Balaban J connectivity index is 2.14. The van der Waals surface area contributed by atoms with E-state index in [0.29, 0.717) is 10.7 Å². The van der Waals surface area contributed by atoms with E-state index in [1.807, 2.05) is 0 Å². The van der Waals surface area contributed by atoms with Gasteiger partial charge in [0.15, 0.2) is 0 Å². The summed E-state index contributed by atoms with van der Waals surface area (Å²) in [5, 5.41) is 10.2. The van der Waals surface area contributed by atoms with Crippen LogP contribution in [-0.4, -0.2) is 42.0 Å². The van der Waals surface area contributed by atoms with Gasteiger partial charge in [0.2, 0.25) is 0 Å². The molecule has 0 aromatic heterocycles. The minimum absolute atomic E-state index is 0.170. The summed E-state index contributed by atoms with van der Waals surface area (Å²) in [6.45, 7) is 1.70. The molecule has 7 heteroatoms. The zero-order valence-corrected chi connectivity index (χ0v) is 12.1. The summed E-state index contributed by atoms with van der Waals surface area (Å²) in [6.07, 6.45) is -1.37. The molecule has 1 N–H and O–H groups in total. The Hall–Kier alpha value is -1.92. The topological polar surface area (TPSA) is 83.9 Å². The molecule has 1 aromatic rings. The second-order valence-corrected chi connectivity index (χ2v) is 5.01. The highest BCUT2D eigenvalue weighted by molar-refractivity contribution is 6.52. The van der Waals surface area contributed by atoms with Gasteiger partial charge in [-0.05, 0) is 25.1 Å².